The number of halogens is 1. The molecule has 0 heterocycles. The van der Waals surface area contributed by atoms with Crippen molar-refractivity contribution in [3.05, 3.63) is 29.3 Å². The lowest BCUT2D eigenvalue weighted by atomic mass is 10.1. The Bertz CT molecular complexity index is 379. The van der Waals surface area contributed by atoms with Gasteiger partial charge >= 0.3 is 0 Å². The van der Waals surface area contributed by atoms with Crippen LogP contribution in [0.1, 0.15) is 20.3 Å². The number of benzene rings is 1. The summed E-state index contributed by atoms with van der Waals surface area (Å²) in [5, 5.41) is 0.596. The molecule has 0 aromatic heterocycles. The summed E-state index contributed by atoms with van der Waals surface area (Å²) >= 11 is 6.12. The summed E-state index contributed by atoms with van der Waals surface area (Å²) in [5.41, 5.74) is 6.26. The van der Waals surface area contributed by atoms with Gasteiger partial charge in [-0.05, 0) is 25.1 Å². The highest BCUT2D eigenvalue weighted by atomic mass is 35.5. The average molecular weight is 255 g/mol. The third-order valence-corrected chi connectivity index (χ3v) is 2.81. The molecule has 0 aliphatic heterocycles. The first kappa shape index (κ1) is 14.0. The van der Waals surface area contributed by atoms with Crippen molar-refractivity contribution in [2.24, 2.45) is 11.7 Å². The van der Waals surface area contributed by atoms with Crippen LogP contribution in [-0.4, -0.2) is 19.0 Å². The summed E-state index contributed by atoms with van der Waals surface area (Å²) in [6, 6.07) is 7.39. The number of para-hydroxylation sites is 1. The number of hydrogen-bond acceptors (Lipinski definition) is 2. The van der Waals surface area contributed by atoms with E-state index in [0.717, 1.165) is 12.1 Å². The topological polar surface area (TPSA) is 46.3 Å². The van der Waals surface area contributed by atoms with Gasteiger partial charge in [0.15, 0.2) is 0 Å². The molecule has 0 radical (unpaired) electrons. The molecule has 94 valence electrons. The van der Waals surface area contributed by atoms with Gasteiger partial charge in [-0.3, -0.25) is 4.79 Å². The third-order valence-electron chi connectivity index (χ3n) is 2.49. The molecule has 4 heteroatoms. The first-order chi connectivity index (χ1) is 8.07. The molecule has 0 unspecified atom stereocenters. The summed E-state index contributed by atoms with van der Waals surface area (Å²) in [5.74, 6) is 0.0237. The molecule has 1 rings (SSSR count). The lowest BCUT2D eigenvalue weighted by Crippen LogP contribution is -2.36. The number of hydrogen-bond donors (Lipinski definition) is 1. The Morgan fingerprint density at radius 2 is 2.06 bits per heavy atom. The van der Waals surface area contributed by atoms with Gasteiger partial charge in [-0.2, -0.15) is 0 Å². The Kier molecular flexibility index (Phi) is 5.45. The van der Waals surface area contributed by atoms with E-state index >= 15 is 0 Å². The Morgan fingerprint density at radius 3 is 2.59 bits per heavy atom. The first-order valence-electron chi connectivity index (χ1n) is 5.84. The van der Waals surface area contributed by atoms with Crippen LogP contribution in [0.5, 0.6) is 0 Å². The van der Waals surface area contributed by atoms with E-state index in [1.54, 1.807) is 11.0 Å². The Morgan fingerprint density at radius 1 is 1.41 bits per heavy atom. The highest BCUT2D eigenvalue weighted by Crippen LogP contribution is 2.26. The summed E-state index contributed by atoms with van der Waals surface area (Å²) < 4.78 is 0. The molecule has 0 saturated heterocycles. The van der Waals surface area contributed by atoms with E-state index in [4.69, 9.17) is 17.3 Å². The van der Waals surface area contributed by atoms with Gasteiger partial charge in [-0.25, -0.2) is 0 Å². The van der Waals surface area contributed by atoms with Crippen molar-refractivity contribution in [2.75, 3.05) is 18.0 Å². The predicted molar refractivity (Wildman–Crippen MR) is 72.3 cm³/mol. The van der Waals surface area contributed by atoms with Gasteiger partial charge in [0.1, 0.15) is 0 Å². The van der Waals surface area contributed by atoms with Crippen molar-refractivity contribution in [1.82, 2.24) is 0 Å². The van der Waals surface area contributed by atoms with Crippen LogP contribution in [-0.2, 0) is 4.79 Å². The van der Waals surface area contributed by atoms with Crippen LogP contribution in [0.3, 0.4) is 0 Å². The van der Waals surface area contributed by atoms with Crippen molar-refractivity contribution >= 4 is 23.2 Å². The maximum atomic E-state index is 12.1. The highest BCUT2D eigenvalue weighted by Gasteiger charge is 2.19. The second-order valence-corrected chi connectivity index (χ2v) is 4.65. The highest BCUT2D eigenvalue weighted by molar-refractivity contribution is 6.33. The van der Waals surface area contributed by atoms with Crippen LogP contribution in [0, 0.1) is 5.92 Å². The monoisotopic (exact) mass is 254 g/mol. The number of carbonyl (C=O) groups excluding carboxylic acids is 1. The second kappa shape index (κ2) is 6.62. The van der Waals surface area contributed by atoms with Crippen molar-refractivity contribution in [3.8, 4) is 0 Å². The zero-order valence-corrected chi connectivity index (χ0v) is 11.1. The van der Waals surface area contributed by atoms with Crippen molar-refractivity contribution in [1.29, 1.82) is 0 Å². The zero-order valence-electron chi connectivity index (χ0n) is 10.3. The minimum atomic E-state index is -0.0518. The van der Waals surface area contributed by atoms with Crippen LogP contribution in [0.2, 0.25) is 5.02 Å². The lowest BCUT2D eigenvalue weighted by molar-refractivity contribution is -0.121. The molecule has 0 atom stereocenters. The van der Waals surface area contributed by atoms with Gasteiger partial charge in [0.2, 0.25) is 5.91 Å². The molecule has 2 N–H and O–H groups in total. The number of anilines is 1. The molecule has 1 amide bonds. The molecular weight excluding hydrogens is 236 g/mol. The largest absolute Gasteiger partial charge is 0.330 e. The second-order valence-electron chi connectivity index (χ2n) is 4.24. The molecule has 1 aromatic rings. The van der Waals surface area contributed by atoms with E-state index < -0.39 is 0 Å². The fourth-order valence-corrected chi connectivity index (χ4v) is 1.82. The smallest absolute Gasteiger partial charge is 0.229 e. The number of rotatable bonds is 5. The van der Waals surface area contributed by atoms with E-state index in [0.29, 0.717) is 18.1 Å². The molecule has 0 spiro atoms. The van der Waals surface area contributed by atoms with Gasteiger partial charge in [0, 0.05) is 12.5 Å². The summed E-state index contributed by atoms with van der Waals surface area (Å²) in [6.45, 7) is 4.94. The average Bonchev–Trinajstić information content (AvgIpc) is 2.31. The van der Waals surface area contributed by atoms with E-state index in [2.05, 4.69) is 0 Å². The van der Waals surface area contributed by atoms with Crippen LogP contribution >= 0.6 is 11.6 Å². The van der Waals surface area contributed by atoms with Crippen LogP contribution in [0.25, 0.3) is 0 Å². The summed E-state index contributed by atoms with van der Waals surface area (Å²) in [7, 11) is 0. The van der Waals surface area contributed by atoms with Gasteiger partial charge in [-0.1, -0.05) is 37.6 Å². The Balaban J connectivity index is 2.98. The van der Waals surface area contributed by atoms with Gasteiger partial charge in [0.25, 0.3) is 0 Å². The van der Waals surface area contributed by atoms with Gasteiger partial charge in [-0.15, -0.1) is 0 Å². The number of carbonyl (C=O) groups is 1. The van der Waals surface area contributed by atoms with Crippen LogP contribution in [0.4, 0.5) is 5.69 Å². The SMILES string of the molecule is CC(C)C(=O)N(CCCN)c1ccccc1Cl. The molecule has 0 aliphatic rings. The first-order valence-corrected chi connectivity index (χ1v) is 6.21. The molecule has 0 bridgehead atoms. The van der Waals surface area contributed by atoms with E-state index in [1.165, 1.54) is 0 Å². The normalized spacial score (nSPS) is 10.6. The fourth-order valence-electron chi connectivity index (χ4n) is 1.58. The minimum absolute atomic E-state index is 0.0518. The van der Waals surface area contributed by atoms with Gasteiger partial charge < -0.3 is 10.6 Å². The van der Waals surface area contributed by atoms with E-state index in [9.17, 15) is 4.79 Å². The van der Waals surface area contributed by atoms with Crippen LogP contribution in [0.15, 0.2) is 24.3 Å². The molecular formula is C13H19ClN2O. The third kappa shape index (κ3) is 3.72. The fraction of sp³-hybridized carbons (Fsp3) is 0.462. The maximum absolute atomic E-state index is 12.1. The zero-order chi connectivity index (χ0) is 12.8. The Hall–Kier alpha value is -1.06. The maximum Gasteiger partial charge on any atom is 0.229 e. The quantitative estimate of drug-likeness (QED) is 0.878. The molecule has 0 saturated carbocycles. The molecule has 1 aromatic carbocycles. The number of amides is 1. The molecule has 3 nitrogen and oxygen atoms in total. The number of nitrogens with two attached hydrogens (primary N) is 1. The van der Waals surface area contributed by atoms with E-state index in [1.807, 2.05) is 32.0 Å². The molecule has 0 fully saturated rings. The van der Waals surface area contributed by atoms with Crippen LogP contribution < -0.4 is 10.6 Å². The molecule has 0 aliphatic carbocycles. The summed E-state index contributed by atoms with van der Waals surface area (Å²) in [4.78, 5) is 13.9. The predicted octanol–water partition coefficient (Wildman–Crippen LogP) is 2.68. The Labute approximate surface area is 108 Å². The van der Waals surface area contributed by atoms with E-state index in [-0.39, 0.29) is 11.8 Å². The number of nitrogens with zero attached hydrogens (tertiary/aromatic N) is 1. The van der Waals surface area contributed by atoms with Crippen molar-refractivity contribution in [3.63, 3.8) is 0 Å². The summed E-state index contributed by atoms with van der Waals surface area (Å²) in [6.07, 6.45) is 0.768. The standard InChI is InChI=1S/C13H19ClN2O/c1-10(2)13(17)16(9-5-8-15)12-7-4-3-6-11(12)14/h3-4,6-7,10H,5,8-9,15H2,1-2H3. The van der Waals surface area contributed by atoms with Crippen molar-refractivity contribution in [2.45, 2.75) is 20.3 Å². The van der Waals surface area contributed by atoms with Gasteiger partial charge in [0.05, 0.1) is 10.7 Å². The molecule has 17 heavy (non-hydrogen) atoms. The minimum Gasteiger partial charge on any atom is -0.330 e. The van der Waals surface area contributed by atoms with Crippen molar-refractivity contribution < 1.29 is 4.79 Å². The lowest BCUT2D eigenvalue weighted by Gasteiger charge is -2.25.